The number of fused-ring (bicyclic) bond motifs is 1. The topological polar surface area (TPSA) is 62.1 Å². The fourth-order valence-corrected chi connectivity index (χ4v) is 3.99. The molecule has 1 amide bonds. The average Bonchev–Trinajstić information content (AvgIpc) is 2.92. The Labute approximate surface area is 139 Å². The summed E-state index contributed by atoms with van der Waals surface area (Å²) in [6, 6.07) is 11.5. The highest BCUT2D eigenvalue weighted by atomic mass is 32.1. The molecule has 0 spiro atoms. The third kappa shape index (κ3) is 3.38. The first-order valence-corrected chi connectivity index (χ1v) is 8.58. The molecule has 23 heavy (non-hydrogen) atoms. The summed E-state index contributed by atoms with van der Waals surface area (Å²) < 4.78 is 5.63. The quantitative estimate of drug-likeness (QED) is 0.926. The summed E-state index contributed by atoms with van der Waals surface area (Å²) in [4.78, 5) is 13.6. The number of anilines is 1. The highest BCUT2D eigenvalue weighted by molar-refractivity contribution is 7.16. The molecule has 0 saturated carbocycles. The molecule has 1 heterocycles. The number of nitriles is 1. The molecule has 2 aromatic rings. The van der Waals surface area contributed by atoms with Gasteiger partial charge in [0, 0.05) is 4.88 Å². The van der Waals surface area contributed by atoms with E-state index in [0.29, 0.717) is 16.3 Å². The number of para-hydroxylation sites is 1. The molecule has 0 unspecified atom stereocenters. The Balaban J connectivity index is 1.73. The van der Waals surface area contributed by atoms with Crippen LogP contribution in [0.5, 0.6) is 5.75 Å². The lowest BCUT2D eigenvalue weighted by Crippen LogP contribution is -2.30. The van der Waals surface area contributed by atoms with Crippen molar-refractivity contribution in [1.82, 2.24) is 0 Å². The molecule has 1 aliphatic rings. The van der Waals surface area contributed by atoms with Gasteiger partial charge in [-0.25, -0.2) is 0 Å². The molecule has 0 saturated heterocycles. The summed E-state index contributed by atoms with van der Waals surface area (Å²) in [5.74, 6) is 0.421. The van der Waals surface area contributed by atoms with Crippen LogP contribution in [0.3, 0.4) is 0 Å². The molecular weight excluding hydrogens is 308 g/mol. The van der Waals surface area contributed by atoms with Crippen LogP contribution in [-0.2, 0) is 17.6 Å². The number of ether oxygens (including phenoxy) is 1. The summed E-state index contributed by atoms with van der Waals surface area (Å²) >= 11 is 1.53. The lowest BCUT2D eigenvalue weighted by molar-refractivity contribution is -0.122. The molecule has 0 fully saturated rings. The zero-order chi connectivity index (χ0) is 16.2. The fraction of sp³-hybridized carbons (Fsp3) is 0.333. The molecule has 0 radical (unpaired) electrons. The molecule has 3 rings (SSSR count). The predicted molar refractivity (Wildman–Crippen MR) is 90.8 cm³/mol. The van der Waals surface area contributed by atoms with Crippen molar-refractivity contribution in [3.8, 4) is 11.8 Å². The largest absolute Gasteiger partial charge is 0.481 e. The van der Waals surface area contributed by atoms with Gasteiger partial charge in [-0.1, -0.05) is 18.2 Å². The first-order chi connectivity index (χ1) is 11.2. The maximum atomic E-state index is 12.4. The molecule has 1 aromatic carbocycles. The minimum atomic E-state index is -0.622. The van der Waals surface area contributed by atoms with Crippen LogP contribution in [0.15, 0.2) is 30.3 Å². The molecule has 1 aromatic heterocycles. The maximum absolute atomic E-state index is 12.4. The minimum Gasteiger partial charge on any atom is -0.481 e. The van der Waals surface area contributed by atoms with Crippen molar-refractivity contribution in [2.24, 2.45) is 0 Å². The van der Waals surface area contributed by atoms with E-state index in [1.54, 1.807) is 6.92 Å². The Morgan fingerprint density at radius 1 is 1.30 bits per heavy atom. The van der Waals surface area contributed by atoms with Crippen molar-refractivity contribution < 1.29 is 9.53 Å². The standard InChI is InChI=1S/C18H18N2O2S/c1-12(22-13-7-3-2-4-8-13)17(21)20-18-15(11-19)14-9-5-6-10-16(14)23-18/h2-4,7-8,12H,5-6,9-10H2,1H3,(H,20,21)/t12-/m0/s1. The third-order valence-corrected chi connectivity index (χ3v) is 5.15. The molecule has 1 atom stereocenters. The highest BCUT2D eigenvalue weighted by Crippen LogP contribution is 2.37. The van der Waals surface area contributed by atoms with Gasteiger partial charge in [0.05, 0.1) is 5.56 Å². The second-order valence-electron chi connectivity index (χ2n) is 5.59. The van der Waals surface area contributed by atoms with E-state index in [4.69, 9.17) is 4.74 Å². The van der Waals surface area contributed by atoms with Crippen molar-refractivity contribution >= 4 is 22.2 Å². The Bertz CT molecular complexity index is 746. The number of rotatable bonds is 4. The van der Waals surface area contributed by atoms with Crippen molar-refractivity contribution in [1.29, 1.82) is 5.26 Å². The van der Waals surface area contributed by atoms with Crippen molar-refractivity contribution in [2.75, 3.05) is 5.32 Å². The van der Waals surface area contributed by atoms with Gasteiger partial charge in [0.1, 0.15) is 16.8 Å². The Hall–Kier alpha value is -2.32. The number of hydrogen-bond acceptors (Lipinski definition) is 4. The van der Waals surface area contributed by atoms with E-state index in [1.807, 2.05) is 30.3 Å². The average molecular weight is 326 g/mol. The molecule has 0 bridgehead atoms. The molecule has 4 nitrogen and oxygen atoms in total. The first kappa shape index (κ1) is 15.6. The summed E-state index contributed by atoms with van der Waals surface area (Å²) in [6.45, 7) is 1.71. The second-order valence-corrected chi connectivity index (χ2v) is 6.69. The zero-order valence-electron chi connectivity index (χ0n) is 13.0. The van der Waals surface area contributed by atoms with E-state index in [1.165, 1.54) is 16.2 Å². The molecule has 1 aliphatic carbocycles. The smallest absolute Gasteiger partial charge is 0.265 e. The van der Waals surface area contributed by atoms with E-state index in [9.17, 15) is 10.1 Å². The molecule has 0 aliphatic heterocycles. The maximum Gasteiger partial charge on any atom is 0.265 e. The second kappa shape index (κ2) is 6.84. The predicted octanol–water partition coefficient (Wildman–Crippen LogP) is 3.90. The SMILES string of the molecule is C[C@H](Oc1ccccc1)C(=O)Nc1sc2c(c1C#N)CCCC2. The minimum absolute atomic E-state index is 0.232. The van der Waals surface area contributed by atoms with Gasteiger partial charge < -0.3 is 10.1 Å². The number of carbonyl (C=O) groups is 1. The first-order valence-electron chi connectivity index (χ1n) is 7.76. The van der Waals surface area contributed by atoms with Crippen LogP contribution < -0.4 is 10.1 Å². The normalized spacial score (nSPS) is 14.4. The number of amides is 1. The number of aryl methyl sites for hydroxylation is 1. The van der Waals surface area contributed by atoms with Crippen molar-refractivity contribution in [3.05, 3.63) is 46.3 Å². The number of thiophene rings is 1. The zero-order valence-corrected chi connectivity index (χ0v) is 13.8. The van der Waals surface area contributed by atoms with E-state index in [-0.39, 0.29) is 5.91 Å². The molecule has 118 valence electrons. The summed E-state index contributed by atoms with van der Waals surface area (Å²) in [5, 5.41) is 13.0. The van der Waals surface area contributed by atoms with Crippen LogP contribution in [0.25, 0.3) is 0 Å². The van der Waals surface area contributed by atoms with Gasteiger partial charge in [0.15, 0.2) is 6.10 Å². The van der Waals surface area contributed by atoms with Crippen LogP contribution in [0.2, 0.25) is 0 Å². The van der Waals surface area contributed by atoms with E-state index in [0.717, 1.165) is 31.2 Å². The van der Waals surface area contributed by atoms with Crippen LogP contribution in [-0.4, -0.2) is 12.0 Å². The van der Waals surface area contributed by atoms with E-state index in [2.05, 4.69) is 11.4 Å². The number of nitrogens with one attached hydrogen (secondary N) is 1. The summed E-state index contributed by atoms with van der Waals surface area (Å²) in [7, 11) is 0. The van der Waals surface area contributed by atoms with Crippen LogP contribution in [0.1, 0.15) is 35.8 Å². The molecule has 1 N–H and O–H groups in total. The van der Waals surface area contributed by atoms with E-state index < -0.39 is 6.10 Å². The molecular formula is C18H18N2O2S. The summed E-state index contributed by atoms with van der Waals surface area (Å²) in [5.41, 5.74) is 1.75. The van der Waals surface area contributed by atoms with Gasteiger partial charge in [-0.2, -0.15) is 5.26 Å². The van der Waals surface area contributed by atoms with Gasteiger partial charge >= 0.3 is 0 Å². The lowest BCUT2D eigenvalue weighted by atomic mass is 9.96. The van der Waals surface area contributed by atoms with Crippen LogP contribution in [0.4, 0.5) is 5.00 Å². The monoisotopic (exact) mass is 326 g/mol. The number of nitrogens with zero attached hydrogens (tertiary/aromatic N) is 1. The highest BCUT2D eigenvalue weighted by Gasteiger charge is 2.23. The van der Waals surface area contributed by atoms with Crippen molar-refractivity contribution in [3.63, 3.8) is 0 Å². The van der Waals surface area contributed by atoms with Gasteiger partial charge in [0.25, 0.3) is 5.91 Å². The molecule has 5 heteroatoms. The van der Waals surface area contributed by atoms with Gasteiger partial charge in [0.2, 0.25) is 0 Å². The van der Waals surface area contributed by atoms with E-state index >= 15 is 0 Å². The number of hydrogen-bond donors (Lipinski definition) is 1. The fourth-order valence-electron chi connectivity index (χ4n) is 2.74. The van der Waals surface area contributed by atoms with Crippen LogP contribution >= 0.6 is 11.3 Å². The lowest BCUT2D eigenvalue weighted by Gasteiger charge is -2.14. The Morgan fingerprint density at radius 2 is 2.04 bits per heavy atom. The number of carbonyl (C=O) groups excluding carboxylic acids is 1. The van der Waals surface area contributed by atoms with Gasteiger partial charge in [-0.05, 0) is 50.3 Å². The summed E-state index contributed by atoms with van der Waals surface area (Å²) in [6.07, 6.45) is 3.57. The Kier molecular flexibility index (Phi) is 4.63. The van der Waals surface area contributed by atoms with Crippen LogP contribution in [0, 0.1) is 11.3 Å². The number of benzene rings is 1. The van der Waals surface area contributed by atoms with Gasteiger partial charge in [-0.3, -0.25) is 4.79 Å². The Morgan fingerprint density at radius 3 is 2.78 bits per heavy atom. The van der Waals surface area contributed by atoms with Crippen molar-refractivity contribution in [2.45, 2.75) is 38.7 Å². The van der Waals surface area contributed by atoms with Gasteiger partial charge in [-0.15, -0.1) is 11.3 Å². The third-order valence-electron chi connectivity index (χ3n) is 3.95.